The summed E-state index contributed by atoms with van der Waals surface area (Å²) < 4.78 is 0. The quantitative estimate of drug-likeness (QED) is 0.428. The maximum atomic E-state index is 3.60. The molecule has 0 bridgehead atoms. The first-order valence-corrected chi connectivity index (χ1v) is 1.71. The topological polar surface area (TPSA) is 0 Å². The largest absolute Gasteiger partial charge is 0.358 e. The van der Waals surface area contributed by atoms with Gasteiger partial charge in [-0.05, 0) is 0 Å². The van der Waals surface area contributed by atoms with E-state index in [1.165, 1.54) is 6.42 Å². The molecule has 0 aliphatic carbocycles. The molecule has 0 aromatic rings. The smallest absolute Gasteiger partial charge is 0 e. The van der Waals surface area contributed by atoms with Crippen LogP contribution in [0, 0.1) is 14.4 Å². The number of hydrogen-bond donors (Lipinski definition) is 0. The van der Waals surface area contributed by atoms with Crippen LogP contribution in [0.5, 0.6) is 0 Å². The molecule has 0 nitrogen and oxygen atoms in total. The van der Waals surface area contributed by atoms with Crippen molar-refractivity contribution in [3.05, 3.63) is 14.4 Å². The standard InChI is InChI=1S/C4H9.CH3.Ag/c1-3-4-2;;/h1,3-4H2,2H3;1H3;/q2*-1;. The molecule has 45 valence electrons. The van der Waals surface area contributed by atoms with Gasteiger partial charge in [0.15, 0.2) is 0 Å². The summed E-state index contributed by atoms with van der Waals surface area (Å²) in [6.07, 6.45) is 2.28. The first kappa shape index (κ1) is 15.9. The Balaban J connectivity index is -0.0000000450. The van der Waals surface area contributed by atoms with E-state index in [0.29, 0.717) is 0 Å². The Kier molecular flexibility index (Phi) is 45.5. The van der Waals surface area contributed by atoms with Gasteiger partial charge in [-0.15, -0.1) is 0 Å². The van der Waals surface area contributed by atoms with Crippen molar-refractivity contribution in [2.24, 2.45) is 0 Å². The zero-order valence-electron chi connectivity index (χ0n) is 4.42. The van der Waals surface area contributed by atoms with Crippen LogP contribution in [0.2, 0.25) is 0 Å². The summed E-state index contributed by atoms with van der Waals surface area (Å²) in [7, 11) is 0. The van der Waals surface area contributed by atoms with Gasteiger partial charge in [-0.1, -0.05) is 13.3 Å². The maximum Gasteiger partial charge on any atom is 0 e. The van der Waals surface area contributed by atoms with E-state index in [0.717, 1.165) is 6.42 Å². The molecule has 0 spiro atoms. The maximum absolute atomic E-state index is 3.60. The average Bonchev–Trinajstić information content (AvgIpc) is 1.37. The van der Waals surface area contributed by atoms with E-state index < -0.39 is 0 Å². The minimum Gasteiger partial charge on any atom is -0.358 e. The Morgan fingerprint density at radius 1 is 1.50 bits per heavy atom. The summed E-state index contributed by atoms with van der Waals surface area (Å²) in [6.45, 7) is 5.72. The fraction of sp³-hybridized carbons (Fsp3) is 0.600. The minimum absolute atomic E-state index is 0. The SMILES string of the molecule is [Ag].[CH2-]CCC.[CH3-]. The van der Waals surface area contributed by atoms with E-state index in [1.54, 1.807) is 0 Å². The molecular weight excluding hydrogens is 168 g/mol. The van der Waals surface area contributed by atoms with Gasteiger partial charge in [0.2, 0.25) is 0 Å². The summed E-state index contributed by atoms with van der Waals surface area (Å²) in [5.41, 5.74) is 0. The molecule has 6 heavy (non-hydrogen) atoms. The van der Waals surface area contributed by atoms with Crippen LogP contribution in [0.1, 0.15) is 19.8 Å². The van der Waals surface area contributed by atoms with Crippen LogP contribution in [0.25, 0.3) is 0 Å². The molecule has 0 heterocycles. The van der Waals surface area contributed by atoms with E-state index in [4.69, 9.17) is 0 Å². The van der Waals surface area contributed by atoms with Gasteiger partial charge < -0.3 is 14.4 Å². The molecule has 0 aromatic heterocycles. The van der Waals surface area contributed by atoms with Gasteiger partial charge in [-0.25, -0.2) is 0 Å². The molecule has 0 rings (SSSR count). The number of hydrogen-bond acceptors (Lipinski definition) is 0. The predicted octanol–water partition coefficient (Wildman–Crippen LogP) is 2.07. The fourth-order valence-corrected chi connectivity index (χ4v) is 0. The predicted molar refractivity (Wildman–Crippen MR) is 26.7 cm³/mol. The van der Waals surface area contributed by atoms with Crippen molar-refractivity contribution in [2.45, 2.75) is 19.8 Å². The molecule has 0 fully saturated rings. The third-order valence-corrected chi connectivity index (χ3v) is 0.354. The van der Waals surface area contributed by atoms with Crippen molar-refractivity contribution in [1.29, 1.82) is 0 Å². The van der Waals surface area contributed by atoms with E-state index >= 15 is 0 Å². The third-order valence-electron chi connectivity index (χ3n) is 0.354. The van der Waals surface area contributed by atoms with Crippen LogP contribution in [0.15, 0.2) is 0 Å². The molecule has 1 radical (unpaired) electrons. The monoisotopic (exact) mass is 179 g/mol. The van der Waals surface area contributed by atoms with Crippen molar-refractivity contribution in [1.82, 2.24) is 0 Å². The van der Waals surface area contributed by atoms with Gasteiger partial charge in [0.25, 0.3) is 0 Å². The van der Waals surface area contributed by atoms with E-state index in [1.807, 2.05) is 0 Å². The Morgan fingerprint density at radius 3 is 1.67 bits per heavy atom. The van der Waals surface area contributed by atoms with Crippen molar-refractivity contribution in [3.8, 4) is 0 Å². The second-order valence-corrected chi connectivity index (χ2v) is 0.854. The van der Waals surface area contributed by atoms with Crippen LogP contribution in [0.4, 0.5) is 0 Å². The van der Waals surface area contributed by atoms with Gasteiger partial charge in [-0.2, -0.15) is 6.42 Å². The Labute approximate surface area is 56.8 Å². The summed E-state index contributed by atoms with van der Waals surface area (Å²) in [6, 6.07) is 0. The van der Waals surface area contributed by atoms with Crippen LogP contribution < -0.4 is 0 Å². The van der Waals surface area contributed by atoms with Crippen LogP contribution in [-0.4, -0.2) is 0 Å². The molecule has 0 saturated heterocycles. The number of unbranched alkanes of at least 4 members (excludes halogenated alkanes) is 1. The molecular formula is C5H12Ag-2. The van der Waals surface area contributed by atoms with Gasteiger partial charge in [0.05, 0.1) is 0 Å². The van der Waals surface area contributed by atoms with Crippen molar-refractivity contribution in [3.63, 3.8) is 0 Å². The molecule has 0 saturated carbocycles. The normalized spacial score (nSPS) is 5.00. The van der Waals surface area contributed by atoms with Crippen LogP contribution in [0.3, 0.4) is 0 Å². The summed E-state index contributed by atoms with van der Waals surface area (Å²) in [5.74, 6) is 0. The van der Waals surface area contributed by atoms with E-state index in [2.05, 4.69) is 13.8 Å². The second-order valence-electron chi connectivity index (χ2n) is 0.854. The molecule has 0 aromatic carbocycles. The third kappa shape index (κ3) is 21.9. The molecule has 0 aliphatic heterocycles. The van der Waals surface area contributed by atoms with E-state index in [9.17, 15) is 0 Å². The summed E-state index contributed by atoms with van der Waals surface area (Å²) >= 11 is 0. The molecule has 1 heteroatoms. The molecule has 0 atom stereocenters. The van der Waals surface area contributed by atoms with Gasteiger partial charge in [0, 0.05) is 22.4 Å². The Hall–Kier alpha value is 0.740. The average molecular weight is 180 g/mol. The first-order chi connectivity index (χ1) is 1.91. The summed E-state index contributed by atoms with van der Waals surface area (Å²) in [5, 5.41) is 0. The first-order valence-electron chi connectivity index (χ1n) is 1.71. The van der Waals surface area contributed by atoms with Crippen molar-refractivity contribution in [2.75, 3.05) is 0 Å². The fourth-order valence-electron chi connectivity index (χ4n) is 0. The number of rotatable bonds is 1. The van der Waals surface area contributed by atoms with Gasteiger partial charge in [-0.3, -0.25) is 0 Å². The minimum atomic E-state index is 0. The molecule has 0 N–H and O–H groups in total. The summed E-state index contributed by atoms with van der Waals surface area (Å²) in [4.78, 5) is 0. The molecule has 0 unspecified atom stereocenters. The Bertz CT molecular complexity index is 5.90. The van der Waals surface area contributed by atoms with Crippen LogP contribution >= 0.6 is 0 Å². The van der Waals surface area contributed by atoms with E-state index in [-0.39, 0.29) is 29.8 Å². The molecule has 0 aliphatic rings. The molecule has 0 amide bonds. The van der Waals surface area contributed by atoms with Gasteiger partial charge in [0.1, 0.15) is 0 Å². The van der Waals surface area contributed by atoms with Crippen molar-refractivity contribution >= 4 is 0 Å². The zero-order valence-corrected chi connectivity index (χ0v) is 5.91. The second kappa shape index (κ2) is 17.2. The Morgan fingerprint density at radius 2 is 1.67 bits per heavy atom. The van der Waals surface area contributed by atoms with Crippen LogP contribution in [-0.2, 0) is 22.4 Å². The zero-order chi connectivity index (χ0) is 3.41. The van der Waals surface area contributed by atoms with Crippen molar-refractivity contribution < 1.29 is 22.4 Å². The van der Waals surface area contributed by atoms with Gasteiger partial charge >= 0.3 is 0 Å².